The van der Waals surface area contributed by atoms with Crippen LogP contribution in [0.25, 0.3) is 0 Å². The molecular weight excluding hydrogens is 202 g/mol. The highest BCUT2D eigenvalue weighted by molar-refractivity contribution is 5.95. The van der Waals surface area contributed by atoms with Crippen molar-refractivity contribution in [2.75, 3.05) is 19.0 Å². The van der Waals surface area contributed by atoms with Crippen molar-refractivity contribution >= 4 is 11.6 Å². The van der Waals surface area contributed by atoms with Gasteiger partial charge in [-0.3, -0.25) is 4.79 Å². The summed E-state index contributed by atoms with van der Waals surface area (Å²) in [6, 6.07) is 7.84. The molecule has 0 aromatic heterocycles. The maximum absolute atomic E-state index is 11.7. The van der Waals surface area contributed by atoms with Crippen molar-refractivity contribution in [2.24, 2.45) is 5.73 Å². The summed E-state index contributed by atoms with van der Waals surface area (Å²) in [4.78, 5) is 13.7. The van der Waals surface area contributed by atoms with Gasteiger partial charge >= 0.3 is 0 Å². The number of nitrogens with one attached hydrogen (secondary N) is 1. The third-order valence-corrected chi connectivity index (χ3v) is 2.80. The molecule has 4 heteroatoms. The van der Waals surface area contributed by atoms with Crippen molar-refractivity contribution in [1.29, 1.82) is 0 Å². The second-order valence-corrected chi connectivity index (χ2v) is 4.42. The summed E-state index contributed by atoms with van der Waals surface area (Å²) in [7, 11) is 3.94. The minimum atomic E-state index is -0.0387. The van der Waals surface area contributed by atoms with Gasteiger partial charge in [0.15, 0.2) is 0 Å². The molecule has 16 heavy (non-hydrogen) atoms. The van der Waals surface area contributed by atoms with Gasteiger partial charge in [0, 0.05) is 37.4 Å². The number of nitrogens with zero attached hydrogens (tertiary/aromatic N) is 1. The maximum Gasteiger partial charge on any atom is 0.251 e. The molecule has 1 amide bonds. The predicted octanol–water partition coefficient (Wildman–Crippen LogP) is 0.582. The van der Waals surface area contributed by atoms with Crippen molar-refractivity contribution in [2.45, 2.75) is 18.5 Å². The fraction of sp³-hybridized carbons (Fsp3) is 0.417. The maximum atomic E-state index is 11.7. The van der Waals surface area contributed by atoms with E-state index in [-0.39, 0.29) is 18.0 Å². The average Bonchev–Trinajstić information content (AvgIpc) is 2.94. The fourth-order valence-corrected chi connectivity index (χ4v) is 1.54. The summed E-state index contributed by atoms with van der Waals surface area (Å²) in [5.41, 5.74) is 7.40. The van der Waals surface area contributed by atoms with Crippen molar-refractivity contribution in [3.63, 3.8) is 0 Å². The number of carbonyl (C=O) groups is 1. The molecule has 4 nitrogen and oxygen atoms in total. The summed E-state index contributed by atoms with van der Waals surface area (Å²) in [6.07, 6.45) is 0.890. The molecule has 86 valence electrons. The molecule has 1 aliphatic rings. The molecule has 1 aromatic carbocycles. The van der Waals surface area contributed by atoms with Crippen molar-refractivity contribution in [3.8, 4) is 0 Å². The van der Waals surface area contributed by atoms with E-state index in [2.05, 4.69) is 5.32 Å². The lowest BCUT2D eigenvalue weighted by molar-refractivity contribution is 0.0950. The molecule has 0 heterocycles. The van der Waals surface area contributed by atoms with Gasteiger partial charge in [-0.05, 0) is 30.7 Å². The quantitative estimate of drug-likeness (QED) is 0.782. The number of hydrogen-bond acceptors (Lipinski definition) is 3. The Labute approximate surface area is 95.4 Å². The summed E-state index contributed by atoms with van der Waals surface area (Å²) in [6.45, 7) is 0. The molecule has 1 saturated carbocycles. The fourth-order valence-electron chi connectivity index (χ4n) is 1.54. The standard InChI is InChI=1S/C12H17N3O/c1-15(2)9-5-3-8(4-6-9)12(16)14-11-7-10(11)13/h3-6,10-11H,7,13H2,1-2H3,(H,14,16). The Bertz CT molecular complexity index is 386. The minimum Gasteiger partial charge on any atom is -0.378 e. The second-order valence-electron chi connectivity index (χ2n) is 4.42. The Morgan fingerprint density at radius 1 is 1.38 bits per heavy atom. The van der Waals surface area contributed by atoms with Crippen LogP contribution in [0.3, 0.4) is 0 Å². The van der Waals surface area contributed by atoms with E-state index in [1.165, 1.54) is 0 Å². The van der Waals surface area contributed by atoms with Gasteiger partial charge in [-0.2, -0.15) is 0 Å². The second kappa shape index (κ2) is 4.14. The van der Waals surface area contributed by atoms with E-state index in [1.54, 1.807) is 0 Å². The molecule has 0 saturated heterocycles. The molecule has 2 atom stereocenters. The van der Waals surface area contributed by atoms with Gasteiger partial charge in [-0.1, -0.05) is 0 Å². The van der Waals surface area contributed by atoms with Crippen LogP contribution in [0, 0.1) is 0 Å². The number of carbonyl (C=O) groups excluding carboxylic acids is 1. The van der Waals surface area contributed by atoms with E-state index >= 15 is 0 Å². The molecule has 2 unspecified atom stereocenters. The highest BCUT2D eigenvalue weighted by Gasteiger charge is 2.34. The predicted molar refractivity (Wildman–Crippen MR) is 64.6 cm³/mol. The molecule has 3 N–H and O–H groups in total. The molecule has 0 spiro atoms. The van der Waals surface area contributed by atoms with E-state index in [0.29, 0.717) is 5.56 Å². The highest BCUT2D eigenvalue weighted by atomic mass is 16.1. The Balaban J connectivity index is 2.00. The van der Waals surface area contributed by atoms with E-state index in [9.17, 15) is 4.79 Å². The number of anilines is 1. The SMILES string of the molecule is CN(C)c1ccc(C(=O)NC2CC2N)cc1. The van der Waals surface area contributed by atoms with Crippen LogP contribution in [0.1, 0.15) is 16.8 Å². The zero-order chi connectivity index (χ0) is 11.7. The molecule has 0 bridgehead atoms. The summed E-state index contributed by atoms with van der Waals surface area (Å²) >= 11 is 0. The van der Waals surface area contributed by atoms with Gasteiger partial charge in [-0.25, -0.2) is 0 Å². The third kappa shape index (κ3) is 2.33. The van der Waals surface area contributed by atoms with Crippen LogP contribution in [-0.2, 0) is 0 Å². The number of rotatable bonds is 3. The summed E-state index contributed by atoms with van der Waals surface area (Å²) in [5, 5.41) is 2.89. The topological polar surface area (TPSA) is 58.4 Å². The third-order valence-electron chi connectivity index (χ3n) is 2.80. The average molecular weight is 219 g/mol. The van der Waals surface area contributed by atoms with E-state index < -0.39 is 0 Å². The molecule has 1 fully saturated rings. The number of benzene rings is 1. The molecule has 1 aliphatic carbocycles. The lowest BCUT2D eigenvalue weighted by Crippen LogP contribution is -2.29. The van der Waals surface area contributed by atoms with E-state index in [0.717, 1.165) is 12.1 Å². The Kier molecular flexibility index (Phi) is 2.83. The van der Waals surface area contributed by atoms with Crippen LogP contribution < -0.4 is 16.0 Å². The Morgan fingerprint density at radius 3 is 2.38 bits per heavy atom. The summed E-state index contributed by atoms with van der Waals surface area (Å²) in [5.74, 6) is -0.0387. The first-order valence-electron chi connectivity index (χ1n) is 5.42. The van der Waals surface area contributed by atoms with Crippen LogP contribution in [-0.4, -0.2) is 32.1 Å². The van der Waals surface area contributed by atoms with Crippen molar-refractivity contribution < 1.29 is 4.79 Å². The molecule has 1 aromatic rings. The van der Waals surface area contributed by atoms with Gasteiger partial charge in [0.2, 0.25) is 0 Å². The van der Waals surface area contributed by atoms with Gasteiger partial charge in [0.25, 0.3) is 5.91 Å². The first-order valence-corrected chi connectivity index (χ1v) is 5.42. The lowest BCUT2D eigenvalue weighted by Gasteiger charge is -2.12. The molecule has 0 aliphatic heterocycles. The minimum absolute atomic E-state index is 0.0387. The highest BCUT2D eigenvalue weighted by Crippen LogP contribution is 2.19. The largest absolute Gasteiger partial charge is 0.378 e. The zero-order valence-corrected chi connectivity index (χ0v) is 9.60. The normalized spacial score (nSPS) is 22.7. The first-order chi connectivity index (χ1) is 7.58. The van der Waals surface area contributed by atoms with Gasteiger partial charge < -0.3 is 16.0 Å². The van der Waals surface area contributed by atoms with Crippen LogP contribution in [0.2, 0.25) is 0 Å². The monoisotopic (exact) mass is 219 g/mol. The van der Waals surface area contributed by atoms with E-state index in [4.69, 9.17) is 5.73 Å². The van der Waals surface area contributed by atoms with Crippen LogP contribution in [0.4, 0.5) is 5.69 Å². The van der Waals surface area contributed by atoms with Gasteiger partial charge in [0.05, 0.1) is 0 Å². The van der Waals surface area contributed by atoms with Crippen LogP contribution >= 0.6 is 0 Å². The van der Waals surface area contributed by atoms with Crippen molar-refractivity contribution in [3.05, 3.63) is 29.8 Å². The van der Waals surface area contributed by atoms with Gasteiger partial charge in [-0.15, -0.1) is 0 Å². The molecule has 2 rings (SSSR count). The van der Waals surface area contributed by atoms with Crippen LogP contribution in [0.5, 0.6) is 0 Å². The number of hydrogen-bond donors (Lipinski definition) is 2. The van der Waals surface area contributed by atoms with Crippen LogP contribution in [0.15, 0.2) is 24.3 Å². The summed E-state index contributed by atoms with van der Waals surface area (Å²) < 4.78 is 0. The molecule has 0 radical (unpaired) electrons. The first kappa shape index (κ1) is 11.0. The Hall–Kier alpha value is -1.55. The number of nitrogens with two attached hydrogens (primary N) is 1. The number of amides is 1. The zero-order valence-electron chi connectivity index (χ0n) is 9.60. The van der Waals surface area contributed by atoms with Crippen molar-refractivity contribution in [1.82, 2.24) is 5.32 Å². The van der Waals surface area contributed by atoms with Gasteiger partial charge in [0.1, 0.15) is 0 Å². The van der Waals surface area contributed by atoms with E-state index in [1.807, 2.05) is 43.3 Å². The lowest BCUT2D eigenvalue weighted by atomic mass is 10.2. The smallest absolute Gasteiger partial charge is 0.251 e. The molecular formula is C12H17N3O. The Morgan fingerprint density at radius 2 is 1.94 bits per heavy atom.